The smallest absolute Gasteiger partial charge is 0.282 e. The third kappa shape index (κ3) is 8.39. The average Bonchev–Trinajstić information content (AvgIpc) is 2.85. The molecule has 0 radical (unpaired) electrons. The van der Waals surface area contributed by atoms with Crippen LogP contribution in [0.25, 0.3) is 10.8 Å². The highest BCUT2D eigenvalue weighted by atomic mass is 32.2. The van der Waals surface area contributed by atoms with Crippen LogP contribution in [-0.2, 0) is 30.8 Å². The summed E-state index contributed by atoms with van der Waals surface area (Å²) in [7, 11) is -12.5. The first-order chi connectivity index (χ1) is 18.2. The molecule has 0 saturated heterocycles. The number of azo groups is 2. The van der Waals surface area contributed by atoms with Gasteiger partial charge in [0.15, 0.2) is 0 Å². The fourth-order valence-corrected chi connectivity index (χ4v) is 4.66. The quantitative estimate of drug-likeness (QED) is 0.215. The second kappa shape index (κ2) is 12.1. The van der Waals surface area contributed by atoms with E-state index < -0.39 is 40.6 Å². The Bertz CT molecular complexity index is 1900. The first-order valence-electron chi connectivity index (χ1n) is 10.5. The summed E-state index contributed by atoms with van der Waals surface area (Å²) >= 11 is 0. The molecule has 0 bridgehead atoms. The van der Waals surface area contributed by atoms with Crippen molar-refractivity contribution >= 4 is 64.4 Å². The van der Waals surface area contributed by atoms with Gasteiger partial charge in [-0.3, -0.25) is 9.11 Å². The average molecular weight is 591 g/mol. The highest BCUT2D eigenvalue weighted by Gasteiger charge is 2.21. The Balaban J connectivity index is 0.000000983. The summed E-state index contributed by atoms with van der Waals surface area (Å²) in [5.41, 5.74) is 2.74. The van der Waals surface area contributed by atoms with Crippen LogP contribution >= 0.6 is 0 Å². The van der Waals surface area contributed by atoms with Gasteiger partial charge in [0, 0.05) is 10.8 Å². The zero-order chi connectivity index (χ0) is 28.8. The van der Waals surface area contributed by atoms with E-state index in [1.165, 1.54) is 18.2 Å². The summed E-state index contributed by atoms with van der Waals surface area (Å²) in [6.45, 7) is 1.98. The van der Waals surface area contributed by atoms with E-state index in [2.05, 4.69) is 20.5 Å². The second-order valence-corrected chi connectivity index (χ2v) is 10.9. The maximum atomic E-state index is 11.9. The van der Waals surface area contributed by atoms with Gasteiger partial charge in [-0.2, -0.15) is 37.3 Å². The summed E-state index contributed by atoms with van der Waals surface area (Å²) in [6.07, 6.45) is 0. The molecule has 16 heteroatoms. The lowest BCUT2D eigenvalue weighted by molar-refractivity contribution is 0.481. The van der Waals surface area contributed by atoms with Gasteiger partial charge in [0.05, 0.1) is 22.7 Å². The van der Waals surface area contributed by atoms with Crippen molar-refractivity contribution in [1.82, 2.24) is 0 Å². The van der Waals surface area contributed by atoms with Crippen LogP contribution in [0, 0.1) is 6.92 Å². The van der Waals surface area contributed by atoms with E-state index in [9.17, 15) is 25.9 Å². The molecule has 0 spiro atoms. The van der Waals surface area contributed by atoms with Crippen molar-refractivity contribution in [2.75, 3.05) is 0 Å². The van der Waals surface area contributed by atoms with Gasteiger partial charge < -0.3 is 0 Å². The first kappa shape index (κ1) is 29.3. The Morgan fingerprint density at radius 2 is 0.974 bits per heavy atom. The first-order valence-corrected chi connectivity index (χ1v) is 14.4. The normalized spacial score (nSPS) is 12.0. The predicted octanol–water partition coefficient (Wildman–Crippen LogP) is 5.47. The molecule has 0 fully saturated rings. The molecule has 0 saturated carbocycles. The van der Waals surface area contributed by atoms with Crippen molar-refractivity contribution < 1.29 is 38.6 Å². The van der Waals surface area contributed by atoms with Gasteiger partial charge in [0.2, 0.25) is 0 Å². The molecule has 0 aliphatic heterocycles. The molecule has 39 heavy (non-hydrogen) atoms. The van der Waals surface area contributed by atoms with E-state index in [1.807, 2.05) is 31.2 Å². The number of hydrogen-bond acceptors (Lipinski definition) is 11. The molecule has 0 unspecified atom stereocenters. The van der Waals surface area contributed by atoms with Crippen LogP contribution in [-0.4, -0.2) is 38.6 Å². The largest absolute Gasteiger partial charge is 0.425 e. The van der Waals surface area contributed by atoms with E-state index in [1.54, 1.807) is 24.3 Å². The van der Waals surface area contributed by atoms with Crippen LogP contribution in [0.15, 0.2) is 109 Å². The van der Waals surface area contributed by atoms with Crippen LogP contribution in [0.3, 0.4) is 0 Å². The lowest BCUT2D eigenvalue weighted by Gasteiger charge is -2.08. The Hall–Kier alpha value is -4.22. The zero-order valence-corrected chi connectivity index (χ0v) is 22.2. The standard InChI is InChI=1S/C23H18N4O6S2.O3S/c1-15-5-7-16(8-6-15)24-25-17-9-11-18(12-10-17)26-27-19-13-21-20(23(14-19)35(31,32)33)3-2-4-22(21)34(28,29)30;1-4(2)3/h2-14H,1H3,(H,28,29,30)(H,31,32,33);. The van der Waals surface area contributed by atoms with Gasteiger partial charge in [0.1, 0.15) is 9.79 Å². The Morgan fingerprint density at radius 3 is 1.41 bits per heavy atom. The maximum absolute atomic E-state index is 11.9. The van der Waals surface area contributed by atoms with Gasteiger partial charge in [0.25, 0.3) is 20.2 Å². The number of nitrogens with zero attached hydrogens (tertiary/aromatic N) is 4. The van der Waals surface area contributed by atoms with Gasteiger partial charge in [-0.25, -0.2) is 0 Å². The van der Waals surface area contributed by atoms with E-state index in [-0.39, 0.29) is 16.5 Å². The molecule has 13 nitrogen and oxygen atoms in total. The van der Waals surface area contributed by atoms with Crippen molar-refractivity contribution in [3.05, 3.63) is 84.4 Å². The minimum absolute atomic E-state index is 0.0515. The number of fused-ring (bicyclic) bond motifs is 1. The Morgan fingerprint density at radius 1 is 0.564 bits per heavy atom. The van der Waals surface area contributed by atoms with Crippen LogP contribution in [0.5, 0.6) is 0 Å². The highest BCUT2D eigenvalue weighted by Crippen LogP contribution is 2.34. The van der Waals surface area contributed by atoms with E-state index in [0.717, 1.165) is 17.7 Å². The predicted molar refractivity (Wildman–Crippen MR) is 139 cm³/mol. The molecule has 4 rings (SSSR count). The number of hydrogen-bond donors (Lipinski definition) is 2. The molecule has 4 aromatic carbocycles. The van der Waals surface area contributed by atoms with Crippen molar-refractivity contribution in [2.24, 2.45) is 20.5 Å². The molecule has 0 heterocycles. The van der Waals surface area contributed by atoms with Crippen molar-refractivity contribution in [2.45, 2.75) is 16.7 Å². The summed E-state index contributed by atoms with van der Waals surface area (Å²) in [5, 5.41) is 16.1. The Labute approximate surface area is 224 Å². The third-order valence-electron chi connectivity index (χ3n) is 4.90. The topological polar surface area (TPSA) is 209 Å². The van der Waals surface area contributed by atoms with Gasteiger partial charge >= 0.3 is 10.6 Å². The van der Waals surface area contributed by atoms with Crippen molar-refractivity contribution in [3.63, 3.8) is 0 Å². The third-order valence-corrected chi connectivity index (χ3v) is 6.71. The zero-order valence-electron chi connectivity index (χ0n) is 19.8. The lowest BCUT2D eigenvalue weighted by Crippen LogP contribution is -2.03. The molecule has 0 aliphatic carbocycles. The van der Waals surface area contributed by atoms with Gasteiger partial charge in [-0.15, -0.1) is 12.6 Å². The molecule has 4 aromatic rings. The lowest BCUT2D eigenvalue weighted by atomic mass is 10.1. The SMILES string of the molecule is Cc1ccc(N=Nc2ccc(N=Nc3cc(S(=O)(=O)O)c4cccc(S(=O)(=O)O)c4c3)cc2)cc1.O=S(=O)=O. The Kier molecular flexibility index (Phi) is 9.10. The van der Waals surface area contributed by atoms with E-state index in [0.29, 0.717) is 17.1 Å². The van der Waals surface area contributed by atoms with Crippen molar-refractivity contribution in [3.8, 4) is 0 Å². The number of benzene rings is 4. The summed E-state index contributed by atoms with van der Waals surface area (Å²) in [6, 6.07) is 20.1. The van der Waals surface area contributed by atoms with Gasteiger partial charge in [-0.1, -0.05) is 29.8 Å². The molecule has 0 aliphatic rings. The summed E-state index contributed by atoms with van der Waals surface area (Å²) < 4.78 is 91.8. The fourth-order valence-electron chi connectivity index (χ4n) is 3.23. The molecule has 2 N–H and O–H groups in total. The maximum Gasteiger partial charge on any atom is 0.425 e. The van der Waals surface area contributed by atoms with E-state index in [4.69, 9.17) is 12.6 Å². The minimum Gasteiger partial charge on any atom is -0.282 e. The van der Waals surface area contributed by atoms with E-state index >= 15 is 0 Å². The fraction of sp³-hybridized carbons (Fsp3) is 0.0435. The van der Waals surface area contributed by atoms with Crippen LogP contribution in [0.2, 0.25) is 0 Å². The monoisotopic (exact) mass is 590 g/mol. The van der Waals surface area contributed by atoms with Crippen molar-refractivity contribution in [1.29, 1.82) is 0 Å². The molecule has 0 aromatic heterocycles. The summed E-state index contributed by atoms with van der Waals surface area (Å²) in [5.74, 6) is 0. The van der Waals surface area contributed by atoms with Crippen LogP contribution in [0.1, 0.15) is 5.56 Å². The molecule has 202 valence electrons. The molecule has 0 atom stereocenters. The van der Waals surface area contributed by atoms with Gasteiger partial charge in [-0.05, 0) is 61.5 Å². The minimum atomic E-state index is -4.74. The highest BCUT2D eigenvalue weighted by molar-refractivity contribution is 7.86. The number of aryl methyl sites for hydroxylation is 1. The van der Waals surface area contributed by atoms with Crippen LogP contribution < -0.4 is 0 Å². The van der Waals surface area contributed by atoms with Crippen LogP contribution in [0.4, 0.5) is 22.7 Å². The summed E-state index contributed by atoms with van der Waals surface area (Å²) in [4.78, 5) is -1.10. The molecular formula is C23H18N4O9S3. The molecule has 0 amide bonds. The molecular weight excluding hydrogens is 572 g/mol. The second-order valence-electron chi connectivity index (χ2n) is 7.70. The number of rotatable bonds is 6.